The lowest BCUT2D eigenvalue weighted by atomic mass is 9.95. The number of ether oxygens (including phenoxy) is 2. The van der Waals surface area contributed by atoms with Crippen LogP contribution in [0, 0.1) is 0 Å². The Kier molecular flexibility index (Phi) is 10.7. The van der Waals surface area contributed by atoms with Gasteiger partial charge in [-0.2, -0.15) is 13.1 Å². The Morgan fingerprint density at radius 2 is 1.96 bits per heavy atom. The molecule has 0 bridgehead atoms. The molecule has 2 N–H and O–H groups in total. The van der Waals surface area contributed by atoms with Gasteiger partial charge in [0.1, 0.15) is 0 Å². The van der Waals surface area contributed by atoms with Crippen molar-refractivity contribution in [3.05, 3.63) is 0 Å². The van der Waals surface area contributed by atoms with Crippen LogP contribution in [0.15, 0.2) is 0 Å². The number of hydrogen-bond donors (Lipinski definition) is 2. The SMILES string of the molecule is CCCCC[C@@H](C1NS(=O)(=O)OCC[C@H]1OC)N(NC(C)C)C(=O)OC(C)C. The first-order valence-corrected chi connectivity index (χ1v) is 11.5. The van der Waals surface area contributed by atoms with Crippen LogP contribution in [-0.4, -0.2) is 63.6 Å². The molecule has 0 aliphatic carbocycles. The zero-order valence-corrected chi connectivity index (χ0v) is 18.8. The molecule has 1 rings (SSSR count). The van der Waals surface area contributed by atoms with E-state index in [1.165, 1.54) is 12.1 Å². The molecule has 0 aromatic heterocycles. The maximum atomic E-state index is 12.8. The molecule has 0 aromatic rings. The van der Waals surface area contributed by atoms with Gasteiger partial charge in [-0.25, -0.2) is 15.2 Å². The molecule has 1 aliphatic heterocycles. The van der Waals surface area contributed by atoms with E-state index >= 15 is 0 Å². The highest BCUT2D eigenvalue weighted by Crippen LogP contribution is 2.23. The summed E-state index contributed by atoms with van der Waals surface area (Å²) in [5.74, 6) is 0. The Balaban J connectivity index is 3.27. The van der Waals surface area contributed by atoms with Gasteiger partial charge in [-0.3, -0.25) is 4.18 Å². The third-order valence-corrected chi connectivity index (χ3v) is 5.44. The van der Waals surface area contributed by atoms with Gasteiger partial charge in [0.15, 0.2) is 0 Å². The third-order valence-electron chi connectivity index (χ3n) is 4.40. The third kappa shape index (κ3) is 8.20. The lowest BCUT2D eigenvalue weighted by molar-refractivity contribution is -0.00513. The molecule has 1 aliphatic rings. The normalized spacial score (nSPS) is 23.4. The van der Waals surface area contributed by atoms with Crippen molar-refractivity contribution >= 4 is 16.4 Å². The highest BCUT2D eigenvalue weighted by molar-refractivity contribution is 7.84. The molecule has 0 saturated carbocycles. The number of unbranched alkanes of at least 4 members (excludes halogenated alkanes) is 2. The van der Waals surface area contributed by atoms with Crippen LogP contribution >= 0.6 is 0 Å². The van der Waals surface area contributed by atoms with Gasteiger partial charge in [-0.15, -0.1) is 0 Å². The molecule has 1 heterocycles. The smallest absolute Gasteiger partial charge is 0.424 e. The zero-order valence-electron chi connectivity index (χ0n) is 17.9. The molecule has 0 radical (unpaired) electrons. The Labute approximate surface area is 169 Å². The summed E-state index contributed by atoms with van der Waals surface area (Å²) in [7, 11) is -2.40. The van der Waals surface area contributed by atoms with Gasteiger partial charge in [-0.05, 0) is 34.1 Å². The van der Waals surface area contributed by atoms with E-state index in [1.807, 2.05) is 13.8 Å². The van der Waals surface area contributed by atoms with E-state index in [0.29, 0.717) is 12.8 Å². The summed E-state index contributed by atoms with van der Waals surface area (Å²) < 4.78 is 43.0. The van der Waals surface area contributed by atoms with E-state index in [-0.39, 0.29) is 18.8 Å². The van der Waals surface area contributed by atoms with Crippen LogP contribution in [0.25, 0.3) is 0 Å². The van der Waals surface area contributed by atoms with Crippen molar-refractivity contribution in [1.29, 1.82) is 0 Å². The Bertz CT molecular complexity index is 570. The van der Waals surface area contributed by atoms with Crippen LogP contribution in [0.5, 0.6) is 0 Å². The molecule has 9 nitrogen and oxygen atoms in total. The van der Waals surface area contributed by atoms with Crippen molar-refractivity contribution < 1.29 is 26.9 Å². The highest BCUT2D eigenvalue weighted by Gasteiger charge is 2.41. The van der Waals surface area contributed by atoms with Crippen molar-refractivity contribution in [3.63, 3.8) is 0 Å². The maximum absolute atomic E-state index is 12.8. The lowest BCUT2D eigenvalue weighted by Crippen LogP contribution is -2.62. The number of rotatable bonds is 10. The Morgan fingerprint density at radius 1 is 1.29 bits per heavy atom. The average molecular weight is 424 g/mol. The van der Waals surface area contributed by atoms with Gasteiger partial charge in [-0.1, -0.05) is 26.2 Å². The zero-order chi connectivity index (χ0) is 21.3. The minimum absolute atomic E-state index is 0.0278. The van der Waals surface area contributed by atoms with Crippen LogP contribution in [0.4, 0.5) is 4.79 Å². The summed E-state index contributed by atoms with van der Waals surface area (Å²) in [4.78, 5) is 12.8. The monoisotopic (exact) mass is 423 g/mol. The first-order chi connectivity index (χ1) is 13.1. The number of carbonyl (C=O) groups is 1. The number of hydrazine groups is 1. The lowest BCUT2D eigenvalue weighted by Gasteiger charge is -2.39. The number of nitrogens with zero attached hydrogens (tertiary/aromatic N) is 1. The second-order valence-electron chi connectivity index (χ2n) is 7.63. The number of amides is 1. The average Bonchev–Trinajstić information content (AvgIpc) is 2.73. The fourth-order valence-electron chi connectivity index (χ4n) is 3.21. The van der Waals surface area contributed by atoms with Crippen LogP contribution in [0.1, 0.15) is 66.7 Å². The van der Waals surface area contributed by atoms with Gasteiger partial charge in [0.2, 0.25) is 0 Å². The first kappa shape index (κ1) is 25.1. The van der Waals surface area contributed by atoms with E-state index < -0.39 is 34.6 Å². The molecular weight excluding hydrogens is 386 g/mol. The van der Waals surface area contributed by atoms with Crippen LogP contribution in [0.3, 0.4) is 0 Å². The number of hydrogen-bond acceptors (Lipinski definition) is 7. The summed E-state index contributed by atoms with van der Waals surface area (Å²) in [6, 6.07) is -1.21. The first-order valence-electron chi connectivity index (χ1n) is 10.1. The van der Waals surface area contributed by atoms with Crippen molar-refractivity contribution in [2.45, 2.75) is 97.1 Å². The van der Waals surface area contributed by atoms with Crippen molar-refractivity contribution in [2.75, 3.05) is 13.7 Å². The van der Waals surface area contributed by atoms with Crippen molar-refractivity contribution in [2.24, 2.45) is 0 Å². The molecule has 166 valence electrons. The van der Waals surface area contributed by atoms with E-state index in [0.717, 1.165) is 19.3 Å². The molecule has 10 heteroatoms. The highest BCUT2D eigenvalue weighted by atomic mass is 32.2. The van der Waals surface area contributed by atoms with E-state index in [2.05, 4.69) is 17.1 Å². The minimum Gasteiger partial charge on any atom is -0.446 e. The van der Waals surface area contributed by atoms with Crippen LogP contribution in [-0.2, 0) is 24.0 Å². The summed E-state index contributed by atoms with van der Waals surface area (Å²) >= 11 is 0. The molecular formula is C18H37N3O6S. The maximum Gasteiger partial charge on any atom is 0.424 e. The molecule has 0 aromatic carbocycles. The van der Waals surface area contributed by atoms with Gasteiger partial charge in [0.25, 0.3) is 0 Å². The van der Waals surface area contributed by atoms with Crippen LogP contribution in [0.2, 0.25) is 0 Å². The standard InChI is InChI=1S/C18H37N3O6S/c1-7-8-9-10-15(21(19-13(2)3)18(22)27-14(4)5)17-16(25-6)11-12-26-28(23,24)20-17/h13-17,19-20H,7-12H2,1-6H3/t15-,16+,17?/m0/s1. The molecule has 28 heavy (non-hydrogen) atoms. The largest absolute Gasteiger partial charge is 0.446 e. The van der Waals surface area contributed by atoms with Crippen LogP contribution < -0.4 is 10.1 Å². The summed E-state index contributed by atoms with van der Waals surface area (Å²) in [6.07, 6.45) is 2.53. The Hall–Kier alpha value is -0.940. The van der Waals surface area contributed by atoms with Gasteiger partial charge in [0, 0.05) is 19.6 Å². The number of nitrogens with one attached hydrogen (secondary N) is 2. The molecule has 1 unspecified atom stereocenters. The topological polar surface area (TPSA) is 106 Å². The molecule has 3 atom stereocenters. The molecule has 0 spiro atoms. The van der Waals surface area contributed by atoms with Crippen molar-refractivity contribution in [1.82, 2.24) is 15.2 Å². The molecule has 1 fully saturated rings. The van der Waals surface area contributed by atoms with Crippen molar-refractivity contribution in [3.8, 4) is 0 Å². The minimum atomic E-state index is -3.93. The fourth-order valence-corrected chi connectivity index (χ4v) is 4.24. The van der Waals surface area contributed by atoms with E-state index in [4.69, 9.17) is 13.7 Å². The number of carbonyl (C=O) groups excluding carboxylic acids is 1. The fraction of sp³-hybridized carbons (Fsp3) is 0.944. The van der Waals surface area contributed by atoms with E-state index in [9.17, 15) is 13.2 Å². The van der Waals surface area contributed by atoms with Gasteiger partial charge in [0.05, 0.1) is 30.9 Å². The molecule has 1 saturated heterocycles. The predicted octanol–water partition coefficient (Wildman–Crippen LogP) is 2.33. The number of methoxy groups -OCH3 is 1. The second kappa shape index (κ2) is 11.9. The Morgan fingerprint density at radius 3 is 2.50 bits per heavy atom. The summed E-state index contributed by atoms with van der Waals surface area (Å²) in [6.45, 7) is 9.49. The molecule has 1 amide bonds. The van der Waals surface area contributed by atoms with Gasteiger partial charge >= 0.3 is 16.4 Å². The summed E-state index contributed by atoms with van der Waals surface area (Å²) in [5.41, 5.74) is 3.13. The van der Waals surface area contributed by atoms with E-state index in [1.54, 1.807) is 13.8 Å². The summed E-state index contributed by atoms with van der Waals surface area (Å²) in [5, 5.41) is 1.42. The second-order valence-corrected chi connectivity index (χ2v) is 9.01. The quantitative estimate of drug-likeness (QED) is 0.410. The van der Waals surface area contributed by atoms with Gasteiger partial charge < -0.3 is 9.47 Å². The predicted molar refractivity (Wildman–Crippen MR) is 107 cm³/mol.